The molecule has 1 N–H and O–H groups in total. The maximum Gasteiger partial charge on any atom is 0.328 e. The van der Waals surface area contributed by atoms with E-state index >= 15 is 0 Å². The van der Waals surface area contributed by atoms with Gasteiger partial charge in [0.05, 0.1) is 5.02 Å². The zero-order valence-corrected chi connectivity index (χ0v) is 10.7. The van der Waals surface area contributed by atoms with E-state index in [1.807, 2.05) is 30.3 Å². The standard InChI is InChI=1S/C15H11ClO3/c16-14-10-13(19-12-4-2-1-3-5-12)8-6-11(14)7-9-15(17)18/h1-10H,(H,17,18)/b9-7+. The minimum atomic E-state index is -1.01. The first-order valence-corrected chi connectivity index (χ1v) is 5.96. The second-order valence-electron chi connectivity index (χ2n) is 3.77. The van der Waals surface area contributed by atoms with E-state index in [-0.39, 0.29) is 0 Å². The van der Waals surface area contributed by atoms with E-state index in [9.17, 15) is 4.79 Å². The van der Waals surface area contributed by atoms with Crippen LogP contribution in [0, 0.1) is 0 Å². The quantitative estimate of drug-likeness (QED) is 0.849. The Morgan fingerprint density at radius 2 is 1.84 bits per heavy atom. The average molecular weight is 275 g/mol. The van der Waals surface area contributed by atoms with Crippen molar-refractivity contribution in [2.75, 3.05) is 0 Å². The molecular weight excluding hydrogens is 264 g/mol. The van der Waals surface area contributed by atoms with Crippen molar-refractivity contribution in [2.45, 2.75) is 0 Å². The Bertz CT molecular complexity index is 606. The lowest BCUT2D eigenvalue weighted by atomic mass is 10.2. The molecule has 0 heterocycles. The number of ether oxygens (including phenoxy) is 1. The Labute approximate surface area is 115 Å². The summed E-state index contributed by atoms with van der Waals surface area (Å²) in [5.74, 6) is 0.303. The highest BCUT2D eigenvalue weighted by Crippen LogP contribution is 2.27. The van der Waals surface area contributed by atoms with Gasteiger partial charge in [-0.15, -0.1) is 0 Å². The van der Waals surface area contributed by atoms with Crippen molar-refractivity contribution < 1.29 is 14.6 Å². The lowest BCUT2D eigenvalue weighted by molar-refractivity contribution is -0.131. The van der Waals surface area contributed by atoms with Crippen LogP contribution in [-0.2, 0) is 4.79 Å². The molecule has 0 radical (unpaired) electrons. The third-order valence-electron chi connectivity index (χ3n) is 2.36. The molecule has 0 aliphatic carbocycles. The largest absolute Gasteiger partial charge is 0.478 e. The second-order valence-corrected chi connectivity index (χ2v) is 4.18. The van der Waals surface area contributed by atoms with Crippen LogP contribution in [0.4, 0.5) is 0 Å². The van der Waals surface area contributed by atoms with Gasteiger partial charge in [0, 0.05) is 6.08 Å². The number of hydrogen-bond donors (Lipinski definition) is 1. The first-order chi connectivity index (χ1) is 9.15. The summed E-state index contributed by atoms with van der Waals surface area (Å²) in [6, 6.07) is 14.4. The fraction of sp³-hybridized carbons (Fsp3) is 0. The summed E-state index contributed by atoms with van der Waals surface area (Å²) in [6.45, 7) is 0. The Kier molecular flexibility index (Phi) is 4.21. The smallest absolute Gasteiger partial charge is 0.328 e. The van der Waals surface area contributed by atoms with Crippen molar-refractivity contribution in [3.05, 3.63) is 65.2 Å². The highest BCUT2D eigenvalue weighted by molar-refractivity contribution is 6.32. The van der Waals surface area contributed by atoms with Gasteiger partial charge in [0.25, 0.3) is 0 Å². The average Bonchev–Trinajstić information content (AvgIpc) is 2.39. The Hall–Kier alpha value is -2.26. The molecule has 0 saturated carbocycles. The number of rotatable bonds is 4. The van der Waals surface area contributed by atoms with E-state index in [1.165, 1.54) is 6.08 Å². The van der Waals surface area contributed by atoms with E-state index in [4.69, 9.17) is 21.4 Å². The van der Waals surface area contributed by atoms with Crippen molar-refractivity contribution in [3.63, 3.8) is 0 Å². The predicted octanol–water partition coefficient (Wildman–Crippen LogP) is 4.23. The summed E-state index contributed by atoms with van der Waals surface area (Å²) in [6.07, 6.45) is 2.48. The van der Waals surface area contributed by atoms with Crippen molar-refractivity contribution >= 4 is 23.6 Å². The molecule has 4 heteroatoms. The number of hydrogen-bond acceptors (Lipinski definition) is 2. The highest BCUT2D eigenvalue weighted by Gasteiger charge is 2.02. The van der Waals surface area contributed by atoms with Crippen LogP contribution in [0.5, 0.6) is 11.5 Å². The molecule has 0 atom stereocenters. The van der Waals surface area contributed by atoms with Crippen LogP contribution in [-0.4, -0.2) is 11.1 Å². The van der Waals surface area contributed by atoms with Crippen molar-refractivity contribution in [2.24, 2.45) is 0 Å². The van der Waals surface area contributed by atoms with Gasteiger partial charge in [0.2, 0.25) is 0 Å². The number of benzene rings is 2. The normalized spacial score (nSPS) is 10.6. The zero-order chi connectivity index (χ0) is 13.7. The van der Waals surface area contributed by atoms with Gasteiger partial charge >= 0.3 is 5.97 Å². The van der Waals surface area contributed by atoms with Gasteiger partial charge in [-0.05, 0) is 42.0 Å². The van der Waals surface area contributed by atoms with Crippen LogP contribution >= 0.6 is 11.6 Å². The van der Waals surface area contributed by atoms with Gasteiger partial charge in [-0.25, -0.2) is 4.79 Å². The molecule has 0 bridgehead atoms. The monoisotopic (exact) mass is 274 g/mol. The number of halogens is 1. The molecule has 0 aromatic heterocycles. The summed E-state index contributed by atoms with van der Waals surface area (Å²) in [7, 11) is 0. The number of aliphatic carboxylic acids is 1. The first-order valence-electron chi connectivity index (χ1n) is 5.58. The highest BCUT2D eigenvalue weighted by atomic mass is 35.5. The van der Waals surface area contributed by atoms with Crippen LogP contribution in [0.3, 0.4) is 0 Å². The van der Waals surface area contributed by atoms with Gasteiger partial charge in [-0.2, -0.15) is 0 Å². The van der Waals surface area contributed by atoms with Gasteiger partial charge < -0.3 is 9.84 Å². The fourth-order valence-corrected chi connectivity index (χ4v) is 1.73. The number of carboxylic acids is 1. The maximum atomic E-state index is 10.4. The van der Waals surface area contributed by atoms with E-state index in [0.29, 0.717) is 22.1 Å². The van der Waals surface area contributed by atoms with Gasteiger partial charge in [-0.1, -0.05) is 29.8 Å². The molecule has 3 nitrogen and oxygen atoms in total. The van der Waals surface area contributed by atoms with E-state index in [0.717, 1.165) is 6.08 Å². The molecule has 2 rings (SSSR count). The number of para-hydroxylation sites is 1. The molecule has 0 fully saturated rings. The fourth-order valence-electron chi connectivity index (χ4n) is 1.49. The van der Waals surface area contributed by atoms with Crippen LogP contribution < -0.4 is 4.74 Å². The summed E-state index contributed by atoms with van der Waals surface area (Å²) in [5, 5.41) is 9.00. The summed E-state index contributed by atoms with van der Waals surface area (Å²) in [4.78, 5) is 10.4. The Balaban J connectivity index is 2.17. The zero-order valence-electron chi connectivity index (χ0n) is 9.92. The summed E-state index contributed by atoms with van der Waals surface area (Å²) in [5.41, 5.74) is 0.629. The van der Waals surface area contributed by atoms with E-state index in [1.54, 1.807) is 18.2 Å². The number of carboxylic acid groups (broad SMARTS) is 1. The third kappa shape index (κ3) is 3.86. The molecule has 19 heavy (non-hydrogen) atoms. The van der Waals surface area contributed by atoms with Gasteiger partial charge in [0.1, 0.15) is 11.5 Å². The molecule has 0 aliphatic rings. The van der Waals surface area contributed by atoms with Crippen LogP contribution in [0.15, 0.2) is 54.6 Å². The molecule has 0 unspecified atom stereocenters. The first kappa shape index (κ1) is 13.2. The minimum Gasteiger partial charge on any atom is -0.478 e. The molecule has 0 saturated heterocycles. The Morgan fingerprint density at radius 3 is 2.47 bits per heavy atom. The Morgan fingerprint density at radius 1 is 1.11 bits per heavy atom. The number of carbonyl (C=O) groups is 1. The van der Waals surface area contributed by atoms with Gasteiger partial charge in [-0.3, -0.25) is 0 Å². The van der Waals surface area contributed by atoms with Crippen molar-refractivity contribution in [1.82, 2.24) is 0 Å². The lowest BCUT2D eigenvalue weighted by Gasteiger charge is -2.06. The van der Waals surface area contributed by atoms with Crippen LogP contribution in [0.2, 0.25) is 5.02 Å². The van der Waals surface area contributed by atoms with Crippen molar-refractivity contribution in [1.29, 1.82) is 0 Å². The lowest BCUT2D eigenvalue weighted by Crippen LogP contribution is -1.87. The molecule has 0 amide bonds. The van der Waals surface area contributed by atoms with E-state index in [2.05, 4.69) is 0 Å². The van der Waals surface area contributed by atoms with Crippen molar-refractivity contribution in [3.8, 4) is 11.5 Å². The molecule has 96 valence electrons. The summed E-state index contributed by atoms with van der Waals surface area (Å²) < 4.78 is 5.61. The SMILES string of the molecule is O=C(O)/C=C/c1ccc(Oc2ccccc2)cc1Cl. The van der Waals surface area contributed by atoms with Crippen LogP contribution in [0.25, 0.3) is 6.08 Å². The second kappa shape index (κ2) is 6.07. The predicted molar refractivity (Wildman–Crippen MR) is 74.6 cm³/mol. The minimum absolute atomic E-state index is 0.436. The van der Waals surface area contributed by atoms with Crippen LogP contribution in [0.1, 0.15) is 5.56 Å². The molecule has 2 aromatic rings. The maximum absolute atomic E-state index is 10.4. The van der Waals surface area contributed by atoms with Gasteiger partial charge in [0.15, 0.2) is 0 Å². The van der Waals surface area contributed by atoms with E-state index < -0.39 is 5.97 Å². The molecule has 0 spiro atoms. The third-order valence-corrected chi connectivity index (χ3v) is 2.68. The topological polar surface area (TPSA) is 46.5 Å². The molecule has 0 aliphatic heterocycles. The molecular formula is C15H11ClO3. The summed E-state index contributed by atoms with van der Waals surface area (Å²) >= 11 is 6.05. The molecule has 2 aromatic carbocycles.